The quantitative estimate of drug-likeness (QED) is 0.197. The second kappa shape index (κ2) is 8.72. The van der Waals surface area contributed by atoms with E-state index >= 15 is 0 Å². The van der Waals surface area contributed by atoms with Crippen molar-refractivity contribution in [1.82, 2.24) is 4.98 Å². The monoisotopic (exact) mass is 471 g/mol. The van der Waals surface area contributed by atoms with Crippen LogP contribution >= 0.6 is 0 Å². The Morgan fingerprint density at radius 2 is 1.94 bits per heavy atom. The maximum Gasteiger partial charge on any atom is 0.336 e. The van der Waals surface area contributed by atoms with Gasteiger partial charge in [-0.25, -0.2) is 4.79 Å². The molecule has 8 nitrogen and oxygen atoms in total. The first kappa shape index (κ1) is 22.3. The highest BCUT2D eigenvalue weighted by Crippen LogP contribution is 2.49. The lowest BCUT2D eigenvalue weighted by molar-refractivity contribution is -0.135. The van der Waals surface area contributed by atoms with Crippen molar-refractivity contribution in [3.63, 3.8) is 0 Å². The van der Waals surface area contributed by atoms with Gasteiger partial charge in [0.25, 0.3) is 0 Å². The number of benzene rings is 2. The molecule has 35 heavy (non-hydrogen) atoms. The number of hydrogen-bond donors (Lipinski definition) is 1. The Labute approximate surface area is 199 Å². The van der Waals surface area contributed by atoms with Crippen LogP contribution in [0.2, 0.25) is 0 Å². The second-order valence-electron chi connectivity index (χ2n) is 8.38. The molecule has 4 aromatic rings. The van der Waals surface area contributed by atoms with Crippen molar-refractivity contribution in [2.24, 2.45) is 0 Å². The predicted octanol–water partition coefficient (Wildman–Crippen LogP) is 4.42. The third kappa shape index (κ3) is 4.03. The van der Waals surface area contributed by atoms with Crippen molar-refractivity contribution < 1.29 is 28.6 Å². The number of phenols is 1. The van der Waals surface area contributed by atoms with Crippen molar-refractivity contribution >= 4 is 22.7 Å². The zero-order valence-corrected chi connectivity index (χ0v) is 19.0. The van der Waals surface area contributed by atoms with E-state index in [0.717, 1.165) is 11.3 Å². The standard InChI is InChI=1S/C27H21NO7/c1-14-11-20(30)34-26-22(14)25(32)23(15(2)29)27-24(26)19(12-21(31)35-27)16-6-8-18(9-7-16)33-13-17-5-3-4-10-28-17/h3-11,19,32H,12-13H2,1-2H3. The number of pyridine rings is 1. The van der Waals surface area contributed by atoms with Crippen LogP contribution in [0.5, 0.6) is 17.2 Å². The number of aromatic hydroxyl groups is 1. The van der Waals surface area contributed by atoms with Gasteiger partial charge in [0, 0.05) is 23.7 Å². The van der Waals surface area contributed by atoms with Crippen LogP contribution in [0.3, 0.4) is 0 Å². The van der Waals surface area contributed by atoms with E-state index in [1.165, 1.54) is 13.0 Å². The third-order valence-electron chi connectivity index (χ3n) is 6.03. The zero-order chi connectivity index (χ0) is 24.7. The first-order chi connectivity index (χ1) is 16.8. The van der Waals surface area contributed by atoms with E-state index in [2.05, 4.69) is 4.98 Å². The van der Waals surface area contributed by atoms with E-state index in [9.17, 15) is 19.5 Å². The van der Waals surface area contributed by atoms with Crippen LogP contribution in [-0.4, -0.2) is 21.8 Å². The molecule has 0 saturated heterocycles. The SMILES string of the molecule is CC(=O)c1c2c(c3oc(=O)cc(C)c3c1O)C(c1ccc(OCc3ccccn3)cc1)CC(=O)O2. The highest BCUT2D eigenvalue weighted by atomic mass is 16.5. The van der Waals surface area contributed by atoms with Crippen molar-refractivity contribution in [3.8, 4) is 17.2 Å². The Balaban J connectivity index is 1.62. The van der Waals surface area contributed by atoms with Gasteiger partial charge in [0.15, 0.2) is 11.5 Å². The van der Waals surface area contributed by atoms with E-state index in [4.69, 9.17) is 13.9 Å². The Kier molecular flexibility index (Phi) is 5.56. The van der Waals surface area contributed by atoms with Crippen molar-refractivity contribution in [2.45, 2.75) is 32.8 Å². The molecule has 176 valence electrons. The minimum Gasteiger partial charge on any atom is -0.506 e. The molecular formula is C27H21NO7. The molecule has 5 rings (SSSR count). The lowest BCUT2D eigenvalue weighted by Crippen LogP contribution is -2.23. The number of phenolic OH excluding ortho intramolecular Hbond substituents is 1. The van der Waals surface area contributed by atoms with Gasteiger partial charge in [0.2, 0.25) is 0 Å². The number of ketones is 1. The molecule has 0 radical (unpaired) electrons. The number of carbonyl (C=O) groups excluding carboxylic acids is 2. The molecular weight excluding hydrogens is 450 g/mol. The summed E-state index contributed by atoms with van der Waals surface area (Å²) in [5.41, 5.74) is 1.73. The minimum atomic E-state index is -0.610. The molecule has 1 aliphatic heterocycles. The third-order valence-corrected chi connectivity index (χ3v) is 6.03. The molecule has 1 atom stereocenters. The minimum absolute atomic E-state index is 0.0317. The van der Waals surface area contributed by atoms with Crippen LogP contribution < -0.4 is 15.1 Å². The summed E-state index contributed by atoms with van der Waals surface area (Å²) < 4.78 is 16.7. The largest absolute Gasteiger partial charge is 0.506 e. The van der Waals surface area contributed by atoms with Crippen LogP contribution in [0.1, 0.15) is 52.0 Å². The summed E-state index contributed by atoms with van der Waals surface area (Å²) in [7, 11) is 0. The van der Waals surface area contributed by atoms with E-state index in [-0.39, 0.29) is 34.5 Å². The number of esters is 1. The first-order valence-electron chi connectivity index (χ1n) is 11.0. The summed E-state index contributed by atoms with van der Waals surface area (Å²) in [5.74, 6) is -1.44. The Morgan fingerprint density at radius 3 is 2.63 bits per heavy atom. The molecule has 1 N–H and O–H groups in total. The molecule has 1 unspecified atom stereocenters. The van der Waals surface area contributed by atoms with Crippen LogP contribution in [-0.2, 0) is 11.4 Å². The molecule has 0 bridgehead atoms. The molecule has 0 amide bonds. The van der Waals surface area contributed by atoms with E-state index < -0.39 is 23.3 Å². The summed E-state index contributed by atoms with van der Waals surface area (Å²) >= 11 is 0. The maximum atomic E-state index is 12.6. The number of carbonyl (C=O) groups is 2. The normalized spacial score (nSPS) is 14.9. The Hall–Kier alpha value is -4.46. The number of nitrogens with zero attached hydrogens (tertiary/aromatic N) is 1. The number of hydrogen-bond acceptors (Lipinski definition) is 8. The fourth-order valence-corrected chi connectivity index (χ4v) is 4.46. The lowest BCUT2D eigenvalue weighted by atomic mass is 9.83. The average Bonchev–Trinajstić information content (AvgIpc) is 2.82. The summed E-state index contributed by atoms with van der Waals surface area (Å²) in [6.07, 6.45) is 1.66. The van der Waals surface area contributed by atoms with E-state index in [1.807, 2.05) is 18.2 Å². The highest BCUT2D eigenvalue weighted by molar-refractivity contribution is 6.09. The van der Waals surface area contributed by atoms with Crippen LogP contribution in [0.15, 0.2) is 63.9 Å². The van der Waals surface area contributed by atoms with E-state index in [1.54, 1.807) is 37.4 Å². The van der Waals surface area contributed by atoms with Crippen molar-refractivity contribution in [3.05, 3.63) is 93.1 Å². The molecule has 0 fully saturated rings. The molecule has 1 aliphatic rings. The number of rotatable bonds is 5. The molecule has 0 saturated carbocycles. The van der Waals surface area contributed by atoms with Gasteiger partial charge in [0.1, 0.15) is 29.3 Å². The van der Waals surface area contributed by atoms with Gasteiger partial charge in [-0.3, -0.25) is 14.6 Å². The number of aryl methyl sites for hydroxylation is 1. The Morgan fingerprint density at radius 1 is 1.17 bits per heavy atom. The predicted molar refractivity (Wildman–Crippen MR) is 126 cm³/mol. The Bertz CT molecular complexity index is 1520. The van der Waals surface area contributed by atoms with Crippen LogP contribution in [0, 0.1) is 6.92 Å². The molecule has 0 spiro atoms. The summed E-state index contributed by atoms with van der Waals surface area (Å²) in [4.78, 5) is 41.5. The number of aromatic nitrogens is 1. The lowest BCUT2D eigenvalue weighted by Gasteiger charge is -2.28. The van der Waals surface area contributed by atoms with Crippen molar-refractivity contribution in [1.29, 1.82) is 0 Å². The summed E-state index contributed by atoms with van der Waals surface area (Å²) in [6.45, 7) is 3.22. The molecule has 0 aliphatic carbocycles. The smallest absolute Gasteiger partial charge is 0.336 e. The number of ether oxygens (including phenoxy) is 2. The fraction of sp³-hybridized carbons (Fsp3) is 0.185. The molecule has 3 heterocycles. The zero-order valence-electron chi connectivity index (χ0n) is 19.0. The van der Waals surface area contributed by atoms with Crippen LogP contribution in [0.4, 0.5) is 0 Å². The van der Waals surface area contributed by atoms with Gasteiger partial charge >= 0.3 is 11.6 Å². The molecule has 2 aromatic carbocycles. The van der Waals surface area contributed by atoms with Gasteiger partial charge in [-0.1, -0.05) is 18.2 Å². The fourth-order valence-electron chi connectivity index (χ4n) is 4.46. The van der Waals surface area contributed by atoms with Gasteiger partial charge in [0.05, 0.1) is 17.5 Å². The second-order valence-corrected chi connectivity index (χ2v) is 8.38. The van der Waals surface area contributed by atoms with Crippen molar-refractivity contribution in [2.75, 3.05) is 0 Å². The first-order valence-corrected chi connectivity index (χ1v) is 11.0. The average molecular weight is 471 g/mol. The van der Waals surface area contributed by atoms with Gasteiger partial charge in [-0.05, 0) is 49.2 Å². The highest BCUT2D eigenvalue weighted by Gasteiger charge is 2.37. The maximum absolute atomic E-state index is 12.6. The molecule has 2 aromatic heterocycles. The van der Waals surface area contributed by atoms with Gasteiger partial charge < -0.3 is 19.0 Å². The topological polar surface area (TPSA) is 116 Å². The summed E-state index contributed by atoms with van der Waals surface area (Å²) in [5, 5.41) is 11.1. The number of Topliss-reactive ketones (excluding diaryl/α,β-unsaturated/α-hetero) is 1. The van der Waals surface area contributed by atoms with Gasteiger partial charge in [-0.2, -0.15) is 0 Å². The van der Waals surface area contributed by atoms with Gasteiger partial charge in [-0.15, -0.1) is 0 Å². The van der Waals surface area contributed by atoms with E-state index in [0.29, 0.717) is 23.5 Å². The summed E-state index contributed by atoms with van der Waals surface area (Å²) in [6, 6.07) is 14.0. The van der Waals surface area contributed by atoms with Crippen LogP contribution in [0.25, 0.3) is 11.0 Å². The number of fused-ring (bicyclic) bond motifs is 3. The molecule has 8 heteroatoms.